The third-order valence-corrected chi connectivity index (χ3v) is 5.66. The number of para-hydroxylation sites is 1. The zero-order valence-corrected chi connectivity index (χ0v) is 17.8. The van der Waals surface area contributed by atoms with Gasteiger partial charge in [0.2, 0.25) is 11.1 Å². The average molecular weight is 442 g/mol. The second-order valence-corrected chi connectivity index (χ2v) is 8.04. The number of H-pyrrole nitrogens is 1. The Kier molecular flexibility index (Phi) is 5.67. The van der Waals surface area contributed by atoms with Gasteiger partial charge in [-0.2, -0.15) is 0 Å². The zero-order chi connectivity index (χ0) is 21.8. The molecule has 0 radical (unpaired) electrons. The summed E-state index contributed by atoms with van der Waals surface area (Å²) in [6.07, 6.45) is 0. The van der Waals surface area contributed by atoms with E-state index in [2.05, 4.69) is 25.5 Å². The van der Waals surface area contributed by atoms with E-state index in [1.807, 2.05) is 78.9 Å². The van der Waals surface area contributed by atoms with Crippen molar-refractivity contribution >= 4 is 45.4 Å². The lowest BCUT2D eigenvalue weighted by Crippen LogP contribution is -2.14. The predicted molar refractivity (Wildman–Crippen MR) is 126 cm³/mol. The van der Waals surface area contributed by atoms with Crippen molar-refractivity contribution in [3.63, 3.8) is 0 Å². The van der Waals surface area contributed by atoms with Crippen LogP contribution < -0.4 is 10.1 Å². The second-order valence-electron chi connectivity index (χ2n) is 7.10. The van der Waals surface area contributed by atoms with Crippen molar-refractivity contribution in [3.8, 4) is 5.75 Å². The van der Waals surface area contributed by atoms with Gasteiger partial charge in [0.25, 0.3) is 0 Å². The van der Waals surface area contributed by atoms with Crippen LogP contribution in [0.25, 0.3) is 22.1 Å². The molecule has 0 aliphatic rings. The molecule has 2 aromatic heterocycles. The predicted octanol–water partition coefficient (Wildman–Crippen LogP) is 4.82. The number of aromatic amines is 1. The van der Waals surface area contributed by atoms with Gasteiger partial charge in [0.1, 0.15) is 17.9 Å². The maximum Gasteiger partial charge on any atom is 0.234 e. The smallest absolute Gasteiger partial charge is 0.234 e. The summed E-state index contributed by atoms with van der Waals surface area (Å²) in [5.41, 5.74) is 4.15. The highest BCUT2D eigenvalue weighted by Gasteiger charge is 2.11. The molecule has 0 aliphatic heterocycles. The van der Waals surface area contributed by atoms with E-state index in [4.69, 9.17) is 4.74 Å². The van der Waals surface area contributed by atoms with Gasteiger partial charge in [-0.15, -0.1) is 10.2 Å². The molecule has 0 aliphatic carbocycles. The Balaban J connectivity index is 1.15. The fourth-order valence-electron chi connectivity index (χ4n) is 3.27. The van der Waals surface area contributed by atoms with Crippen molar-refractivity contribution in [1.29, 1.82) is 0 Å². The normalized spacial score (nSPS) is 11.0. The third kappa shape index (κ3) is 4.55. The van der Waals surface area contributed by atoms with Crippen LogP contribution in [-0.2, 0) is 11.4 Å². The van der Waals surface area contributed by atoms with Gasteiger partial charge in [-0.3, -0.25) is 4.79 Å². The molecule has 7 nitrogen and oxygen atoms in total. The summed E-state index contributed by atoms with van der Waals surface area (Å²) in [5.74, 6) is 0.778. The Hall–Kier alpha value is -3.91. The average Bonchev–Trinajstić information content (AvgIpc) is 3.21. The number of amides is 1. The van der Waals surface area contributed by atoms with Gasteiger partial charge in [0.05, 0.1) is 5.75 Å². The SMILES string of the molecule is O=C(CSc1nnc2c(n1)[nH]c1ccccc12)Nc1ccc(OCc2ccccc2)cc1. The highest BCUT2D eigenvalue weighted by atomic mass is 32.2. The minimum absolute atomic E-state index is 0.145. The number of carbonyl (C=O) groups excluding carboxylic acids is 1. The molecular formula is C24H19N5O2S. The van der Waals surface area contributed by atoms with E-state index >= 15 is 0 Å². The molecule has 0 bridgehead atoms. The first-order valence-electron chi connectivity index (χ1n) is 10.1. The van der Waals surface area contributed by atoms with E-state index in [-0.39, 0.29) is 11.7 Å². The summed E-state index contributed by atoms with van der Waals surface area (Å²) in [6.45, 7) is 0.498. The lowest BCUT2D eigenvalue weighted by Gasteiger charge is -2.08. The molecule has 0 atom stereocenters. The highest BCUT2D eigenvalue weighted by molar-refractivity contribution is 7.99. The van der Waals surface area contributed by atoms with Crippen molar-refractivity contribution in [3.05, 3.63) is 84.4 Å². The van der Waals surface area contributed by atoms with Gasteiger partial charge in [0, 0.05) is 16.6 Å². The van der Waals surface area contributed by atoms with Crippen LogP contribution >= 0.6 is 11.8 Å². The number of rotatable bonds is 7. The molecule has 3 aromatic carbocycles. The van der Waals surface area contributed by atoms with E-state index in [1.165, 1.54) is 11.8 Å². The van der Waals surface area contributed by atoms with Crippen LogP contribution in [-0.4, -0.2) is 31.8 Å². The van der Waals surface area contributed by atoms with E-state index in [1.54, 1.807) is 0 Å². The van der Waals surface area contributed by atoms with Crippen LogP contribution in [0.2, 0.25) is 0 Å². The van der Waals surface area contributed by atoms with Crippen LogP contribution in [0.5, 0.6) is 5.75 Å². The maximum absolute atomic E-state index is 12.3. The van der Waals surface area contributed by atoms with E-state index < -0.39 is 0 Å². The maximum atomic E-state index is 12.3. The van der Waals surface area contributed by atoms with Crippen molar-refractivity contribution in [2.75, 3.05) is 11.1 Å². The summed E-state index contributed by atoms with van der Waals surface area (Å²) >= 11 is 1.24. The highest BCUT2D eigenvalue weighted by Crippen LogP contribution is 2.23. The molecule has 0 fully saturated rings. The van der Waals surface area contributed by atoms with Gasteiger partial charge in [-0.25, -0.2) is 4.98 Å². The van der Waals surface area contributed by atoms with Gasteiger partial charge in [0.15, 0.2) is 5.65 Å². The Morgan fingerprint density at radius 3 is 2.56 bits per heavy atom. The molecule has 2 heterocycles. The standard InChI is InChI=1S/C24H19N5O2S/c30-21(25-17-10-12-18(13-11-17)31-14-16-6-2-1-3-7-16)15-32-24-27-23-22(28-29-24)19-8-4-5-9-20(19)26-23/h1-13H,14-15H2,(H,25,30)(H,26,27,29). The molecule has 0 unspecified atom stereocenters. The quantitative estimate of drug-likeness (QED) is 0.352. The first kappa shape index (κ1) is 20.0. The van der Waals surface area contributed by atoms with Gasteiger partial charge in [-0.05, 0) is 35.9 Å². The first-order valence-corrected chi connectivity index (χ1v) is 11.0. The van der Waals surface area contributed by atoms with Crippen LogP contribution in [0.4, 0.5) is 5.69 Å². The molecule has 2 N–H and O–H groups in total. The molecular weight excluding hydrogens is 422 g/mol. The first-order chi connectivity index (χ1) is 15.7. The summed E-state index contributed by atoms with van der Waals surface area (Å²) in [6, 6.07) is 25.1. The number of nitrogens with zero attached hydrogens (tertiary/aromatic N) is 3. The summed E-state index contributed by atoms with van der Waals surface area (Å²) < 4.78 is 5.77. The van der Waals surface area contributed by atoms with Crippen LogP contribution in [0.1, 0.15) is 5.56 Å². The van der Waals surface area contributed by atoms with Crippen molar-refractivity contribution in [1.82, 2.24) is 20.2 Å². The van der Waals surface area contributed by atoms with Crippen molar-refractivity contribution < 1.29 is 9.53 Å². The Morgan fingerprint density at radius 1 is 0.938 bits per heavy atom. The van der Waals surface area contributed by atoms with Gasteiger partial charge < -0.3 is 15.0 Å². The minimum Gasteiger partial charge on any atom is -0.489 e. The molecule has 0 spiro atoms. The molecule has 1 amide bonds. The fourth-order valence-corrected chi connectivity index (χ4v) is 3.86. The minimum atomic E-state index is -0.145. The van der Waals surface area contributed by atoms with Crippen LogP contribution in [0, 0.1) is 0 Å². The Morgan fingerprint density at radius 2 is 1.72 bits per heavy atom. The summed E-state index contributed by atoms with van der Waals surface area (Å²) in [7, 11) is 0. The number of hydrogen-bond donors (Lipinski definition) is 2. The number of thioether (sulfide) groups is 1. The monoisotopic (exact) mass is 441 g/mol. The topological polar surface area (TPSA) is 92.8 Å². The van der Waals surface area contributed by atoms with E-state index in [0.29, 0.717) is 23.1 Å². The lowest BCUT2D eigenvalue weighted by atomic mass is 10.2. The van der Waals surface area contributed by atoms with Crippen molar-refractivity contribution in [2.45, 2.75) is 11.8 Å². The molecule has 5 rings (SSSR count). The van der Waals surface area contributed by atoms with Crippen LogP contribution in [0.15, 0.2) is 84.0 Å². The van der Waals surface area contributed by atoms with Crippen molar-refractivity contribution in [2.24, 2.45) is 0 Å². The van der Waals surface area contributed by atoms with E-state index in [0.717, 1.165) is 27.7 Å². The molecule has 5 aromatic rings. The number of aromatic nitrogens is 4. The van der Waals surface area contributed by atoms with Gasteiger partial charge in [-0.1, -0.05) is 60.3 Å². The number of benzene rings is 3. The molecule has 32 heavy (non-hydrogen) atoms. The molecule has 158 valence electrons. The number of carbonyl (C=O) groups is 1. The second kappa shape index (κ2) is 9.07. The molecule has 0 saturated carbocycles. The molecule has 8 heteroatoms. The number of ether oxygens (including phenoxy) is 1. The Bertz CT molecular complexity index is 1370. The van der Waals surface area contributed by atoms with Gasteiger partial charge >= 0.3 is 0 Å². The Labute approximate surface area is 188 Å². The largest absolute Gasteiger partial charge is 0.489 e. The van der Waals surface area contributed by atoms with Crippen LogP contribution in [0.3, 0.4) is 0 Å². The number of anilines is 1. The zero-order valence-electron chi connectivity index (χ0n) is 17.0. The number of hydrogen-bond acceptors (Lipinski definition) is 6. The summed E-state index contributed by atoms with van der Waals surface area (Å²) in [5, 5.41) is 12.7. The number of nitrogens with one attached hydrogen (secondary N) is 2. The molecule has 0 saturated heterocycles. The lowest BCUT2D eigenvalue weighted by molar-refractivity contribution is -0.113. The number of fused-ring (bicyclic) bond motifs is 3. The van der Waals surface area contributed by atoms with E-state index in [9.17, 15) is 4.79 Å². The summed E-state index contributed by atoms with van der Waals surface area (Å²) in [4.78, 5) is 20.1. The fraction of sp³-hybridized carbons (Fsp3) is 0.0833. The third-order valence-electron chi connectivity index (χ3n) is 4.82.